The van der Waals surface area contributed by atoms with Crippen LogP contribution in [-0.2, 0) is 6.61 Å². The van der Waals surface area contributed by atoms with Gasteiger partial charge in [0.1, 0.15) is 18.2 Å². The summed E-state index contributed by atoms with van der Waals surface area (Å²) in [4.78, 5) is 0. The van der Waals surface area contributed by atoms with Crippen LogP contribution in [0.4, 0.5) is 4.39 Å². The van der Waals surface area contributed by atoms with Gasteiger partial charge in [-0.2, -0.15) is 0 Å². The van der Waals surface area contributed by atoms with Gasteiger partial charge < -0.3 is 9.94 Å². The van der Waals surface area contributed by atoms with Crippen LogP contribution in [0.15, 0.2) is 47.6 Å². The van der Waals surface area contributed by atoms with E-state index in [-0.39, 0.29) is 12.4 Å². The number of hydrogen-bond acceptors (Lipinski definition) is 3. The SMILES string of the molecule is CC/C(=N/O)c1ccccc1OCc1cc(F)ccc1C. The van der Waals surface area contributed by atoms with E-state index in [4.69, 9.17) is 9.94 Å². The Labute approximate surface area is 123 Å². The molecule has 21 heavy (non-hydrogen) atoms. The monoisotopic (exact) mass is 287 g/mol. The fraction of sp³-hybridized carbons (Fsp3) is 0.235. The van der Waals surface area contributed by atoms with E-state index in [2.05, 4.69) is 5.16 Å². The first-order valence-corrected chi connectivity index (χ1v) is 6.83. The highest BCUT2D eigenvalue weighted by molar-refractivity contribution is 6.02. The number of nitrogens with zero attached hydrogens (tertiary/aromatic N) is 1. The van der Waals surface area contributed by atoms with E-state index in [0.717, 1.165) is 16.7 Å². The van der Waals surface area contributed by atoms with Gasteiger partial charge in [-0.3, -0.25) is 0 Å². The fourth-order valence-corrected chi connectivity index (χ4v) is 2.10. The molecule has 0 atom stereocenters. The number of hydrogen-bond donors (Lipinski definition) is 1. The summed E-state index contributed by atoms with van der Waals surface area (Å²) in [5.74, 6) is 0.342. The summed E-state index contributed by atoms with van der Waals surface area (Å²) >= 11 is 0. The lowest BCUT2D eigenvalue weighted by Gasteiger charge is -2.13. The summed E-state index contributed by atoms with van der Waals surface area (Å²) < 4.78 is 19.1. The zero-order valence-electron chi connectivity index (χ0n) is 12.1. The molecule has 0 saturated carbocycles. The molecule has 4 heteroatoms. The number of ether oxygens (including phenoxy) is 1. The van der Waals surface area contributed by atoms with Crippen molar-refractivity contribution in [1.29, 1.82) is 0 Å². The van der Waals surface area contributed by atoms with Gasteiger partial charge in [0.2, 0.25) is 0 Å². The average molecular weight is 287 g/mol. The Balaban J connectivity index is 2.23. The van der Waals surface area contributed by atoms with Crippen LogP contribution in [0.25, 0.3) is 0 Å². The van der Waals surface area contributed by atoms with Crippen molar-refractivity contribution in [2.75, 3.05) is 0 Å². The molecule has 0 aliphatic heterocycles. The highest BCUT2D eigenvalue weighted by Crippen LogP contribution is 2.22. The van der Waals surface area contributed by atoms with E-state index in [9.17, 15) is 4.39 Å². The molecule has 0 aliphatic rings. The van der Waals surface area contributed by atoms with Crippen LogP contribution in [0.2, 0.25) is 0 Å². The maximum atomic E-state index is 13.3. The zero-order valence-corrected chi connectivity index (χ0v) is 12.1. The predicted molar refractivity (Wildman–Crippen MR) is 80.5 cm³/mol. The average Bonchev–Trinajstić information content (AvgIpc) is 2.50. The van der Waals surface area contributed by atoms with Crippen molar-refractivity contribution in [1.82, 2.24) is 0 Å². The normalized spacial score (nSPS) is 11.5. The second-order valence-electron chi connectivity index (χ2n) is 4.76. The maximum Gasteiger partial charge on any atom is 0.128 e. The lowest BCUT2D eigenvalue weighted by atomic mass is 10.1. The molecule has 0 fully saturated rings. The van der Waals surface area contributed by atoms with Crippen molar-refractivity contribution in [2.24, 2.45) is 5.16 Å². The van der Waals surface area contributed by atoms with Gasteiger partial charge in [0.25, 0.3) is 0 Å². The summed E-state index contributed by atoms with van der Waals surface area (Å²) in [6, 6.07) is 12.0. The molecular weight excluding hydrogens is 269 g/mol. The Morgan fingerprint density at radius 2 is 2.00 bits per heavy atom. The highest BCUT2D eigenvalue weighted by atomic mass is 19.1. The van der Waals surface area contributed by atoms with Crippen LogP contribution in [-0.4, -0.2) is 10.9 Å². The van der Waals surface area contributed by atoms with Crippen LogP contribution < -0.4 is 4.74 Å². The first kappa shape index (κ1) is 15.0. The van der Waals surface area contributed by atoms with Gasteiger partial charge in [0.15, 0.2) is 0 Å². The Morgan fingerprint density at radius 1 is 1.24 bits per heavy atom. The quantitative estimate of drug-likeness (QED) is 0.506. The van der Waals surface area contributed by atoms with E-state index in [1.54, 1.807) is 6.07 Å². The topological polar surface area (TPSA) is 41.8 Å². The molecule has 0 saturated heterocycles. The number of para-hydroxylation sites is 1. The van der Waals surface area contributed by atoms with Crippen LogP contribution >= 0.6 is 0 Å². The van der Waals surface area contributed by atoms with Crippen molar-refractivity contribution in [2.45, 2.75) is 26.9 Å². The van der Waals surface area contributed by atoms with Crippen LogP contribution in [0, 0.1) is 12.7 Å². The number of benzene rings is 2. The molecule has 0 aromatic heterocycles. The molecule has 110 valence electrons. The van der Waals surface area contributed by atoms with Crippen molar-refractivity contribution >= 4 is 5.71 Å². The van der Waals surface area contributed by atoms with Crippen LogP contribution in [0.5, 0.6) is 5.75 Å². The van der Waals surface area contributed by atoms with Crippen LogP contribution in [0.3, 0.4) is 0 Å². The molecule has 1 N–H and O–H groups in total. The summed E-state index contributed by atoms with van der Waals surface area (Å²) in [5, 5.41) is 12.4. The zero-order chi connectivity index (χ0) is 15.2. The number of aryl methyl sites for hydroxylation is 1. The molecule has 0 heterocycles. The Morgan fingerprint density at radius 3 is 2.71 bits per heavy atom. The standard InChI is InChI=1S/C17H18FNO2/c1-3-16(19-20)15-6-4-5-7-17(15)21-11-13-10-14(18)9-8-12(13)2/h4-10,20H,3,11H2,1-2H3/b19-16-. The maximum absolute atomic E-state index is 13.3. The summed E-state index contributed by atoms with van der Waals surface area (Å²) in [6.07, 6.45) is 0.593. The molecule has 0 aliphatic carbocycles. The Bertz CT molecular complexity index is 653. The summed E-state index contributed by atoms with van der Waals surface area (Å²) in [7, 11) is 0. The Kier molecular flexibility index (Phi) is 4.93. The second kappa shape index (κ2) is 6.88. The second-order valence-corrected chi connectivity index (χ2v) is 4.76. The molecule has 0 radical (unpaired) electrons. The minimum atomic E-state index is -0.279. The molecule has 2 rings (SSSR count). The molecule has 0 spiro atoms. The number of rotatable bonds is 5. The fourth-order valence-electron chi connectivity index (χ4n) is 2.10. The van der Waals surface area contributed by atoms with E-state index in [1.165, 1.54) is 12.1 Å². The van der Waals surface area contributed by atoms with Gasteiger partial charge >= 0.3 is 0 Å². The first-order chi connectivity index (χ1) is 10.2. The smallest absolute Gasteiger partial charge is 0.128 e. The summed E-state index contributed by atoms with van der Waals surface area (Å²) in [6.45, 7) is 4.09. The summed E-state index contributed by atoms with van der Waals surface area (Å²) in [5.41, 5.74) is 3.07. The van der Waals surface area contributed by atoms with E-state index < -0.39 is 0 Å². The molecule has 0 bridgehead atoms. The van der Waals surface area contributed by atoms with Crippen LogP contribution in [0.1, 0.15) is 30.0 Å². The van der Waals surface area contributed by atoms with Gasteiger partial charge in [-0.15, -0.1) is 0 Å². The van der Waals surface area contributed by atoms with E-state index >= 15 is 0 Å². The third-order valence-corrected chi connectivity index (χ3v) is 3.35. The Hall–Kier alpha value is -2.36. The predicted octanol–water partition coefficient (Wildman–Crippen LogP) is 4.30. The molecule has 0 unspecified atom stereocenters. The highest BCUT2D eigenvalue weighted by Gasteiger charge is 2.10. The van der Waals surface area contributed by atoms with Gasteiger partial charge in [-0.1, -0.05) is 30.3 Å². The van der Waals surface area contributed by atoms with Crippen molar-refractivity contribution < 1.29 is 14.3 Å². The molecule has 0 amide bonds. The van der Waals surface area contributed by atoms with Gasteiger partial charge in [-0.05, 0) is 48.7 Å². The van der Waals surface area contributed by atoms with Crippen molar-refractivity contribution in [3.8, 4) is 5.75 Å². The largest absolute Gasteiger partial charge is 0.488 e. The first-order valence-electron chi connectivity index (χ1n) is 6.83. The van der Waals surface area contributed by atoms with Crippen molar-refractivity contribution in [3.63, 3.8) is 0 Å². The minimum Gasteiger partial charge on any atom is -0.488 e. The molecule has 3 nitrogen and oxygen atoms in total. The van der Waals surface area contributed by atoms with Crippen molar-refractivity contribution in [3.05, 3.63) is 65.0 Å². The minimum absolute atomic E-state index is 0.267. The van der Waals surface area contributed by atoms with Gasteiger partial charge in [0, 0.05) is 5.56 Å². The van der Waals surface area contributed by atoms with Gasteiger partial charge in [-0.25, -0.2) is 4.39 Å². The molecular formula is C17H18FNO2. The lowest BCUT2D eigenvalue weighted by Crippen LogP contribution is -2.05. The van der Waals surface area contributed by atoms with Gasteiger partial charge in [0.05, 0.1) is 5.71 Å². The lowest BCUT2D eigenvalue weighted by molar-refractivity contribution is 0.302. The van der Waals surface area contributed by atoms with E-state index in [1.807, 2.05) is 38.1 Å². The third kappa shape index (κ3) is 3.60. The molecule has 2 aromatic carbocycles. The van der Waals surface area contributed by atoms with E-state index in [0.29, 0.717) is 17.9 Å². The molecule has 2 aromatic rings. The third-order valence-electron chi connectivity index (χ3n) is 3.35. The number of halogens is 1. The number of oxime groups is 1.